The van der Waals surface area contributed by atoms with Crippen molar-refractivity contribution in [3.63, 3.8) is 0 Å². The maximum Gasteiger partial charge on any atom is 0.217 e. The van der Waals surface area contributed by atoms with Crippen LogP contribution in [0.15, 0.2) is 4.99 Å². The molecular weight excluding hydrogens is 326 g/mol. The maximum absolute atomic E-state index is 11.3. The van der Waals surface area contributed by atoms with E-state index in [0.717, 1.165) is 50.9 Å². The first-order valence-electron chi connectivity index (χ1n) is 10.5. The number of nitrogens with one attached hydrogen (secondary N) is 1. The topological polar surface area (TPSA) is 74.0 Å². The molecule has 0 saturated carbocycles. The molecule has 6 nitrogen and oxygen atoms in total. The Kier molecular flexibility index (Phi) is 8.69. The van der Waals surface area contributed by atoms with Crippen molar-refractivity contribution >= 4 is 11.9 Å². The molecule has 3 N–H and O–H groups in total. The Bertz CT molecular complexity index is 465. The molecular formula is C20H39N5O. The Hall–Kier alpha value is -1.30. The van der Waals surface area contributed by atoms with Gasteiger partial charge >= 0.3 is 0 Å². The van der Waals surface area contributed by atoms with E-state index in [9.17, 15) is 4.79 Å². The number of nitrogens with zero attached hydrogens (tertiary/aromatic N) is 3. The lowest BCUT2D eigenvalue weighted by Gasteiger charge is -2.36. The molecule has 2 aliphatic rings. The van der Waals surface area contributed by atoms with Gasteiger partial charge in [-0.1, -0.05) is 13.8 Å². The number of likely N-dealkylation sites (tertiary alicyclic amines) is 2. The van der Waals surface area contributed by atoms with Crippen LogP contribution < -0.4 is 11.1 Å². The van der Waals surface area contributed by atoms with Crippen LogP contribution in [-0.4, -0.2) is 67.5 Å². The summed E-state index contributed by atoms with van der Waals surface area (Å²) in [6.45, 7) is 14.0. The number of guanidine groups is 1. The normalized spacial score (nSPS) is 25.5. The standard InChI is InChI=1S/C20H39N5O/c1-4-22-20(25-10-6-7-17(15-25)11-19(21)26)23-12-18-8-5-9-24(14-18)13-16(2)3/h16-18H,4-15H2,1-3H3,(H2,21,26)(H,22,23). The van der Waals surface area contributed by atoms with Crippen LogP contribution in [0.2, 0.25) is 0 Å². The highest BCUT2D eigenvalue weighted by Gasteiger charge is 2.24. The Balaban J connectivity index is 1.92. The van der Waals surface area contributed by atoms with Gasteiger partial charge in [-0.2, -0.15) is 0 Å². The molecule has 6 heteroatoms. The van der Waals surface area contributed by atoms with Gasteiger partial charge in [0, 0.05) is 45.7 Å². The number of piperidine rings is 2. The monoisotopic (exact) mass is 365 g/mol. The zero-order valence-electron chi connectivity index (χ0n) is 17.0. The lowest BCUT2D eigenvalue weighted by molar-refractivity contribution is -0.119. The number of rotatable bonds is 7. The Morgan fingerprint density at radius 1 is 1.19 bits per heavy atom. The molecule has 1 amide bonds. The highest BCUT2D eigenvalue weighted by Crippen LogP contribution is 2.21. The van der Waals surface area contributed by atoms with E-state index in [1.54, 1.807) is 0 Å². The van der Waals surface area contributed by atoms with Crippen LogP contribution in [-0.2, 0) is 4.79 Å². The van der Waals surface area contributed by atoms with E-state index in [1.807, 2.05) is 0 Å². The molecule has 0 bridgehead atoms. The number of hydrogen-bond donors (Lipinski definition) is 2. The molecule has 26 heavy (non-hydrogen) atoms. The lowest BCUT2D eigenvalue weighted by Crippen LogP contribution is -2.47. The lowest BCUT2D eigenvalue weighted by atomic mass is 9.94. The minimum atomic E-state index is -0.189. The van der Waals surface area contributed by atoms with Gasteiger partial charge in [-0.05, 0) is 56.9 Å². The fourth-order valence-electron chi connectivity index (χ4n) is 4.33. The predicted octanol–water partition coefficient (Wildman–Crippen LogP) is 1.91. The van der Waals surface area contributed by atoms with Crippen LogP contribution in [0, 0.1) is 17.8 Å². The Labute approximate surface area is 159 Å². The highest BCUT2D eigenvalue weighted by atomic mass is 16.1. The molecule has 0 aliphatic carbocycles. The SMILES string of the molecule is CCNC(=NCC1CCCN(CC(C)C)C1)N1CCCC(CC(N)=O)C1. The van der Waals surface area contributed by atoms with Gasteiger partial charge < -0.3 is 20.9 Å². The third-order valence-electron chi connectivity index (χ3n) is 5.37. The zero-order valence-corrected chi connectivity index (χ0v) is 17.0. The number of hydrogen-bond acceptors (Lipinski definition) is 3. The fraction of sp³-hybridized carbons (Fsp3) is 0.900. The van der Waals surface area contributed by atoms with Crippen molar-refractivity contribution in [1.29, 1.82) is 0 Å². The number of carbonyl (C=O) groups excluding carboxylic acids is 1. The second-order valence-corrected chi connectivity index (χ2v) is 8.48. The fourth-order valence-corrected chi connectivity index (χ4v) is 4.33. The van der Waals surface area contributed by atoms with Gasteiger partial charge in [-0.25, -0.2) is 0 Å². The highest BCUT2D eigenvalue weighted by molar-refractivity contribution is 5.80. The van der Waals surface area contributed by atoms with Crippen molar-refractivity contribution in [3.8, 4) is 0 Å². The molecule has 2 saturated heterocycles. The molecule has 2 aliphatic heterocycles. The van der Waals surface area contributed by atoms with Gasteiger partial charge in [-0.3, -0.25) is 9.79 Å². The van der Waals surface area contributed by atoms with Crippen molar-refractivity contribution in [2.45, 2.75) is 52.9 Å². The van der Waals surface area contributed by atoms with E-state index < -0.39 is 0 Å². The van der Waals surface area contributed by atoms with Crippen molar-refractivity contribution in [2.24, 2.45) is 28.5 Å². The molecule has 2 fully saturated rings. The summed E-state index contributed by atoms with van der Waals surface area (Å²) in [5.74, 6) is 2.57. The molecule has 2 rings (SSSR count). The molecule has 2 unspecified atom stereocenters. The number of amides is 1. The average molecular weight is 366 g/mol. The van der Waals surface area contributed by atoms with E-state index in [4.69, 9.17) is 10.7 Å². The average Bonchev–Trinajstić information content (AvgIpc) is 2.58. The van der Waals surface area contributed by atoms with Crippen molar-refractivity contribution in [1.82, 2.24) is 15.1 Å². The summed E-state index contributed by atoms with van der Waals surface area (Å²) in [5.41, 5.74) is 5.40. The summed E-state index contributed by atoms with van der Waals surface area (Å²) in [7, 11) is 0. The molecule has 0 aromatic carbocycles. The third kappa shape index (κ3) is 7.14. The predicted molar refractivity (Wildman–Crippen MR) is 108 cm³/mol. The summed E-state index contributed by atoms with van der Waals surface area (Å²) < 4.78 is 0. The van der Waals surface area contributed by atoms with Crippen LogP contribution in [0.25, 0.3) is 0 Å². The van der Waals surface area contributed by atoms with Crippen molar-refractivity contribution < 1.29 is 4.79 Å². The minimum absolute atomic E-state index is 0.189. The molecule has 0 radical (unpaired) electrons. The van der Waals surface area contributed by atoms with Gasteiger partial charge in [0.25, 0.3) is 0 Å². The van der Waals surface area contributed by atoms with Crippen LogP contribution in [0.3, 0.4) is 0 Å². The summed E-state index contributed by atoms with van der Waals surface area (Å²) in [4.78, 5) is 21.2. The van der Waals surface area contributed by atoms with E-state index in [1.165, 1.54) is 32.5 Å². The van der Waals surface area contributed by atoms with Crippen molar-refractivity contribution in [3.05, 3.63) is 0 Å². The van der Waals surface area contributed by atoms with Gasteiger partial charge in [0.1, 0.15) is 0 Å². The second kappa shape index (κ2) is 10.8. The maximum atomic E-state index is 11.3. The van der Waals surface area contributed by atoms with E-state index in [-0.39, 0.29) is 5.91 Å². The molecule has 150 valence electrons. The minimum Gasteiger partial charge on any atom is -0.370 e. The van der Waals surface area contributed by atoms with Crippen LogP contribution >= 0.6 is 0 Å². The van der Waals surface area contributed by atoms with Gasteiger partial charge in [0.2, 0.25) is 5.91 Å². The third-order valence-corrected chi connectivity index (χ3v) is 5.37. The molecule has 0 spiro atoms. The number of aliphatic imine (C=N–C) groups is 1. The first kappa shape index (κ1) is 21.0. The summed E-state index contributed by atoms with van der Waals surface area (Å²) >= 11 is 0. The van der Waals surface area contributed by atoms with Gasteiger partial charge in [0.05, 0.1) is 0 Å². The van der Waals surface area contributed by atoms with Crippen molar-refractivity contribution in [2.75, 3.05) is 45.8 Å². The van der Waals surface area contributed by atoms with E-state index in [2.05, 4.69) is 35.9 Å². The van der Waals surface area contributed by atoms with Gasteiger partial charge in [-0.15, -0.1) is 0 Å². The van der Waals surface area contributed by atoms with Crippen LogP contribution in [0.4, 0.5) is 0 Å². The summed E-state index contributed by atoms with van der Waals surface area (Å²) in [5, 5.41) is 3.46. The molecule has 2 heterocycles. The number of nitrogens with two attached hydrogens (primary N) is 1. The second-order valence-electron chi connectivity index (χ2n) is 8.48. The summed E-state index contributed by atoms with van der Waals surface area (Å²) in [6.07, 6.45) is 5.25. The number of carbonyl (C=O) groups is 1. The quantitative estimate of drug-likeness (QED) is 0.534. The zero-order chi connectivity index (χ0) is 18.9. The number of primary amides is 1. The molecule has 0 aromatic rings. The van der Waals surface area contributed by atoms with Gasteiger partial charge in [0.15, 0.2) is 5.96 Å². The van der Waals surface area contributed by atoms with E-state index >= 15 is 0 Å². The van der Waals surface area contributed by atoms with Crippen LogP contribution in [0.1, 0.15) is 52.9 Å². The van der Waals surface area contributed by atoms with Crippen LogP contribution in [0.5, 0.6) is 0 Å². The first-order valence-corrected chi connectivity index (χ1v) is 10.5. The molecule has 2 atom stereocenters. The largest absolute Gasteiger partial charge is 0.370 e. The first-order chi connectivity index (χ1) is 12.5. The molecule has 0 aromatic heterocycles. The van der Waals surface area contributed by atoms with E-state index in [0.29, 0.717) is 18.3 Å². The Morgan fingerprint density at radius 2 is 1.92 bits per heavy atom. The summed E-state index contributed by atoms with van der Waals surface area (Å²) in [6, 6.07) is 0. The smallest absolute Gasteiger partial charge is 0.217 e. The Morgan fingerprint density at radius 3 is 2.62 bits per heavy atom.